The third-order valence-corrected chi connectivity index (χ3v) is 4.77. The fourth-order valence-electron chi connectivity index (χ4n) is 3.21. The van der Waals surface area contributed by atoms with Crippen molar-refractivity contribution in [2.45, 2.75) is 25.9 Å². The molecule has 0 aliphatic carbocycles. The van der Waals surface area contributed by atoms with Gasteiger partial charge in [0.25, 0.3) is 0 Å². The van der Waals surface area contributed by atoms with E-state index in [4.69, 9.17) is 5.26 Å². The van der Waals surface area contributed by atoms with E-state index in [-0.39, 0.29) is 18.4 Å². The highest BCUT2D eigenvalue weighted by Gasteiger charge is 2.23. The van der Waals surface area contributed by atoms with Crippen molar-refractivity contribution in [3.05, 3.63) is 65.0 Å². The number of aliphatic imine (C=N–C) groups is 1. The average molecular weight is 365 g/mol. The van der Waals surface area contributed by atoms with E-state index >= 15 is 0 Å². The Morgan fingerprint density at radius 2 is 2.07 bits per heavy atom. The molecule has 6 heteroatoms. The molecule has 1 fully saturated rings. The van der Waals surface area contributed by atoms with Gasteiger partial charge in [0.1, 0.15) is 5.82 Å². The van der Waals surface area contributed by atoms with Gasteiger partial charge in [-0.15, -0.1) is 0 Å². The number of nitrogens with one attached hydrogen (secondary N) is 2. The molecular weight excluding hydrogens is 341 g/mol. The summed E-state index contributed by atoms with van der Waals surface area (Å²) in [4.78, 5) is 6.58. The first-order chi connectivity index (χ1) is 13.1. The van der Waals surface area contributed by atoms with Gasteiger partial charge in [-0.3, -0.25) is 4.99 Å². The highest BCUT2D eigenvalue weighted by molar-refractivity contribution is 5.80. The molecular formula is C21H24FN5. The van der Waals surface area contributed by atoms with Crippen molar-refractivity contribution >= 4 is 11.6 Å². The van der Waals surface area contributed by atoms with E-state index in [9.17, 15) is 4.39 Å². The van der Waals surface area contributed by atoms with Gasteiger partial charge in [0.05, 0.1) is 11.6 Å². The molecule has 0 spiro atoms. The molecule has 0 radical (unpaired) electrons. The maximum Gasteiger partial charge on any atom is 0.191 e. The molecule has 1 unspecified atom stereocenters. The zero-order valence-corrected chi connectivity index (χ0v) is 15.7. The highest BCUT2D eigenvalue weighted by atomic mass is 19.1. The predicted molar refractivity (Wildman–Crippen MR) is 106 cm³/mol. The Morgan fingerprint density at radius 3 is 2.78 bits per heavy atom. The quantitative estimate of drug-likeness (QED) is 0.646. The van der Waals surface area contributed by atoms with Gasteiger partial charge < -0.3 is 15.5 Å². The lowest BCUT2D eigenvalue weighted by Gasteiger charge is -2.20. The Hall–Kier alpha value is -3.07. The summed E-state index contributed by atoms with van der Waals surface area (Å²) in [6.45, 7) is 4.23. The third-order valence-electron chi connectivity index (χ3n) is 4.77. The Labute approximate surface area is 159 Å². The molecule has 1 aliphatic heterocycles. The van der Waals surface area contributed by atoms with E-state index in [1.54, 1.807) is 13.1 Å². The van der Waals surface area contributed by atoms with Crippen molar-refractivity contribution in [2.24, 2.45) is 4.99 Å². The minimum Gasteiger partial charge on any atom is -0.369 e. The van der Waals surface area contributed by atoms with Crippen molar-refractivity contribution in [3.8, 4) is 6.07 Å². The number of nitriles is 1. The van der Waals surface area contributed by atoms with E-state index in [0.29, 0.717) is 17.1 Å². The van der Waals surface area contributed by atoms with E-state index in [2.05, 4.69) is 51.7 Å². The molecule has 0 amide bonds. The minimum atomic E-state index is -0.330. The van der Waals surface area contributed by atoms with Crippen molar-refractivity contribution in [1.82, 2.24) is 10.6 Å². The number of halogens is 1. The summed E-state index contributed by atoms with van der Waals surface area (Å²) >= 11 is 0. The molecule has 1 saturated heterocycles. The van der Waals surface area contributed by atoms with Gasteiger partial charge in [-0.1, -0.05) is 17.7 Å². The fraction of sp³-hybridized carbons (Fsp3) is 0.333. The van der Waals surface area contributed by atoms with Crippen molar-refractivity contribution in [3.63, 3.8) is 0 Å². The van der Waals surface area contributed by atoms with E-state index in [0.717, 1.165) is 19.5 Å². The van der Waals surface area contributed by atoms with Crippen LogP contribution in [-0.2, 0) is 6.54 Å². The average Bonchev–Trinajstić information content (AvgIpc) is 3.15. The second-order valence-electron chi connectivity index (χ2n) is 6.76. The van der Waals surface area contributed by atoms with Crippen LogP contribution in [0.1, 0.15) is 23.1 Å². The topological polar surface area (TPSA) is 63.5 Å². The molecule has 2 aromatic rings. The SMILES string of the molecule is CN=C(NCc1cc(C#N)ccc1F)NC1CCN(c2ccc(C)cc2)C1. The number of guanidine groups is 1. The van der Waals surface area contributed by atoms with Crippen LogP contribution in [0.15, 0.2) is 47.5 Å². The normalized spacial score (nSPS) is 16.9. The molecule has 0 aromatic heterocycles. The van der Waals surface area contributed by atoms with Gasteiger partial charge in [0.2, 0.25) is 0 Å². The van der Waals surface area contributed by atoms with Crippen molar-refractivity contribution < 1.29 is 4.39 Å². The second kappa shape index (κ2) is 8.54. The van der Waals surface area contributed by atoms with Gasteiger partial charge in [-0.2, -0.15) is 5.26 Å². The number of hydrogen-bond acceptors (Lipinski definition) is 3. The Kier molecular flexibility index (Phi) is 5.92. The smallest absolute Gasteiger partial charge is 0.191 e. The predicted octanol–water partition coefficient (Wildman–Crippen LogP) is 2.95. The molecule has 27 heavy (non-hydrogen) atoms. The Bertz CT molecular complexity index is 854. The molecule has 0 bridgehead atoms. The number of rotatable bonds is 4. The van der Waals surface area contributed by atoms with Crippen LogP contribution in [0.4, 0.5) is 10.1 Å². The number of benzene rings is 2. The minimum absolute atomic E-state index is 0.271. The van der Waals surface area contributed by atoms with E-state index < -0.39 is 0 Å². The number of anilines is 1. The molecule has 3 rings (SSSR count). The molecule has 0 saturated carbocycles. The first kappa shape index (κ1) is 18.7. The number of nitrogens with zero attached hydrogens (tertiary/aromatic N) is 3. The molecule has 5 nitrogen and oxygen atoms in total. The summed E-state index contributed by atoms with van der Waals surface area (Å²) in [6.07, 6.45) is 1.01. The van der Waals surface area contributed by atoms with Gasteiger partial charge >= 0.3 is 0 Å². The van der Waals surface area contributed by atoms with Crippen LogP contribution in [0.3, 0.4) is 0 Å². The maximum absolute atomic E-state index is 13.9. The molecule has 2 aromatic carbocycles. The lowest BCUT2D eigenvalue weighted by Crippen LogP contribution is -2.44. The highest BCUT2D eigenvalue weighted by Crippen LogP contribution is 2.20. The van der Waals surface area contributed by atoms with Gasteiger partial charge in [-0.05, 0) is 43.7 Å². The Morgan fingerprint density at radius 1 is 1.30 bits per heavy atom. The lowest BCUT2D eigenvalue weighted by atomic mass is 10.1. The molecule has 140 valence electrons. The fourth-order valence-corrected chi connectivity index (χ4v) is 3.21. The van der Waals surface area contributed by atoms with Crippen LogP contribution >= 0.6 is 0 Å². The monoisotopic (exact) mass is 365 g/mol. The summed E-state index contributed by atoms with van der Waals surface area (Å²) in [5.74, 6) is 0.302. The zero-order chi connectivity index (χ0) is 19.2. The van der Waals surface area contributed by atoms with Crippen LogP contribution in [0.25, 0.3) is 0 Å². The van der Waals surface area contributed by atoms with Crippen LogP contribution < -0.4 is 15.5 Å². The molecule has 1 heterocycles. The summed E-state index contributed by atoms with van der Waals surface area (Å²) in [5.41, 5.74) is 3.37. The molecule has 1 atom stereocenters. The second-order valence-corrected chi connectivity index (χ2v) is 6.76. The molecule has 1 aliphatic rings. The van der Waals surface area contributed by atoms with Crippen LogP contribution in [0.5, 0.6) is 0 Å². The lowest BCUT2D eigenvalue weighted by molar-refractivity contribution is 0.600. The van der Waals surface area contributed by atoms with Gasteiger partial charge in [-0.25, -0.2) is 4.39 Å². The summed E-state index contributed by atoms with van der Waals surface area (Å²) in [6, 6.07) is 15.2. The van der Waals surface area contributed by atoms with Gasteiger partial charge in [0.15, 0.2) is 5.96 Å². The first-order valence-electron chi connectivity index (χ1n) is 9.06. The number of aryl methyl sites for hydroxylation is 1. The molecule has 2 N–H and O–H groups in total. The number of hydrogen-bond donors (Lipinski definition) is 2. The van der Waals surface area contributed by atoms with Crippen LogP contribution in [0, 0.1) is 24.1 Å². The standard InChI is InChI=1S/C21H24FN5/c1-15-3-6-19(7-4-15)27-10-9-18(14-27)26-21(24-2)25-13-17-11-16(12-23)5-8-20(17)22/h3-8,11,18H,9-10,13-14H2,1-2H3,(H2,24,25,26). The summed E-state index contributed by atoms with van der Waals surface area (Å²) in [5, 5.41) is 15.5. The summed E-state index contributed by atoms with van der Waals surface area (Å²) < 4.78 is 13.9. The largest absolute Gasteiger partial charge is 0.369 e. The summed E-state index contributed by atoms with van der Waals surface area (Å²) in [7, 11) is 1.70. The zero-order valence-electron chi connectivity index (χ0n) is 15.7. The van der Waals surface area contributed by atoms with Crippen molar-refractivity contribution in [2.75, 3.05) is 25.0 Å². The first-order valence-corrected chi connectivity index (χ1v) is 9.06. The van der Waals surface area contributed by atoms with Gasteiger partial charge in [0, 0.05) is 44.0 Å². The van der Waals surface area contributed by atoms with Crippen molar-refractivity contribution in [1.29, 1.82) is 5.26 Å². The maximum atomic E-state index is 13.9. The van der Waals surface area contributed by atoms with E-state index in [1.165, 1.54) is 23.4 Å². The Balaban J connectivity index is 1.55. The van der Waals surface area contributed by atoms with Crippen LogP contribution in [-0.4, -0.2) is 32.1 Å². The van der Waals surface area contributed by atoms with E-state index in [1.807, 2.05) is 6.07 Å². The third kappa shape index (κ3) is 4.76. The van der Waals surface area contributed by atoms with Crippen LogP contribution in [0.2, 0.25) is 0 Å².